The van der Waals surface area contributed by atoms with E-state index in [1.807, 2.05) is 0 Å². The Balaban J connectivity index is 1.62. The molecule has 0 heterocycles. The minimum atomic E-state index is -3.97. The third-order valence-corrected chi connectivity index (χ3v) is 7.92. The van der Waals surface area contributed by atoms with Crippen molar-refractivity contribution < 1.29 is 26.4 Å². The van der Waals surface area contributed by atoms with E-state index in [9.17, 15) is 21.6 Å². The van der Waals surface area contributed by atoms with Crippen LogP contribution in [-0.4, -0.2) is 42.2 Å². The van der Waals surface area contributed by atoms with Crippen LogP contribution in [0.1, 0.15) is 16.8 Å². The van der Waals surface area contributed by atoms with E-state index in [4.69, 9.17) is 4.74 Å². The molecule has 0 saturated heterocycles. The molecule has 3 rings (SSSR count). The lowest BCUT2D eigenvalue weighted by Crippen LogP contribution is -2.26. The Bertz CT molecular complexity index is 1320. The van der Waals surface area contributed by atoms with Crippen molar-refractivity contribution >= 4 is 31.5 Å². The van der Waals surface area contributed by atoms with Crippen LogP contribution in [0.15, 0.2) is 88.7 Å². The average molecular weight is 489 g/mol. The highest BCUT2D eigenvalue weighted by Gasteiger charge is 2.18. The summed E-state index contributed by atoms with van der Waals surface area (Å²) < 4.78 is 57.8. The number of hydrogen-bond donors (Lipinski definition) is 2. The predicted molar refractivity (Wildman–Crippen MR) is 126 cm³/mol. The molecule has 0 atom stereocenters. The number of sulfone groups is 1. The van der Waals surface area contributed by atoms with Gasteiger partial charge in [-0.2, -0.15) is 0 Å². The molecule has 8 nitrogen and oxygen atoms in total. The number of ether oxygens (including phenoxy) is 1. The molecule has 0 aliphatic heterocycles. The molecule has 2 N–H and O–H groups in total. The molecule has 0 aromatic heterocycles. The van der Waals surface area contributed by atoms with E-state index in [0.29, 0.717) is 5.75 Å². The average Bonchev–Trinajstić information content (AvgIpc) is 2.82. The summed E-state index contributed by atoms with van der Waals surface area (Å²) in [6, 6.07) is 20.2. The van der Waals surface area contributed by atoms with Crippen molar-refractivity contribution in [3.05, 3.63) is 84.4 Å². The molecule has 0 spiro atoms. The van der Waals surface area contributed by atoms with Gasteiger partial charge in [-0.15, -0.1) is 0 Å². The van der Waals surface area contributed by atoms with E-state index >= 15 is 0 Å². The van der Waals surface area contributed by atoms with E-state index in [-0.39, 0.29) is 39.8 Å². The summed E-state index contributed by atoms with van der Waals surface area (Å²) in [5.74, 6) is -0.254. The number of rotatable bonds is 10. The van der Waals surface area contributed by atoms with Gasteiger partial charge in [0.05, 0.1) is 28.3 Å². The monoisotopic (exact) mass is 488 g/mol. The maximum atomic E-state index is 12.8. The molecule has 0 radical (unpaired) electrons. The maximum absolute atomic E-state index is 12.8. The summed E-state index contributed by atoms with van der Waals surface area (Å²) in [5, 5.41) is 2.63. The quantitative estimate of drug-likeness (QED) is 0.424. The number of methoxy groups -OCH3 is 1. The first-order valence-electron chi connectivity index (χ1n) is 10.0. The molecule has 1 amide bonds. The molecule has 10 heteroatoms. The zero-order valence-electron chi connectivity index (χ0n) is 17.9. The molecule has 174 valence electrons. The van der Waals surface area contributed by atoms with Crippen molar-refractivity contribution in [3.63, 3.8) is 0 Å². The molecule has 0 bridgehead atoms. The van der Waals surface area contributed by atoms with Crippen LogP contribution in [0.2, 0.25) is 0 Å². The Kier molecular flexibility index (Phi) is 7.72. The van der Waals surface area contributed by atoms with Crippen LogP contribution >= 0.6 is 0 Å². The molecule has 0 fully saturated rings. The third kappa shape index (κ3) is 6.33. The van der Waals surface area contributed by atoms with Gasteiger partial charge in [-0.1, -0.05) is 36.4 Å². The van der Waals surface area contributed by atoms with Crippen LogP contribution in [0, 0.1) is 0 Å². The molecule has 3 aromatic carbocycles. The van der Waals surface area contributed by atoms with Gasteiger partial charge in [-0.3, -0.25) is 9.52 Å². The van der Waals surface area contributed by atoms with Gasteiger partial charge in [0.15, 0.2) is 9.84 Å². The zero-order valence-corrected chi connectivity index (χ0v) is 19.5. The highest BCUT2D eigenvalue weighted by molar-refractivity contribution is 7.92. The Morgan fingerprint density at radius 1 is 0.848 bits per heavy atom. The summed E-state index contributed by atoms with van der Waals surface area (Å²) in [5.41, 5.74) is 0.415. The topological polar surface area (TPSA) is 119 Å². The van der Waals surface area contributed by atoms with Crippen LogP contribution < -0.4 is 14.8 Å². The number of carbonyl (C=O) groups excluding carboxylic acids is 1. The fourth-order valence-corrected chi connectivity index (χ4v) is 5.50. The molecular weight excluding hydrogens is 464 g/mol. The number of benzene rings is 3. The minimum Gasteiger partial charge on any atom is -0.495 e. The van der Waals surface area contributed by atoms with E-state index in [1.54, 1.807) is 42.5 Å². The van der Waals surface area contributed by atoms with Crippen molar-refractivity contribution in [2.75, 3.05) is 24.1 Å². The Labute approximate surface area is 193 Å². The summed E-state index contributed by atoms with van der Waals surface area (Å²) in [6.45, 7) is 0.126. The van der Waals surface area contributed by atoms with Crippen molar-refractivity contribution in [1.29, 1.82) is 0 Å². The Morgan fingerprint density at radius 3 is 2.24 bits per heavy atom. The van der Waals surface area contributed by atoms with Crippen molar-refractivity contribution in [3.8, 4) is 5.75 Å². The number of hydrogen-bond acceptors (Lipinski definition) is 6. The highest BCUT2D eigenvalue weighted by Crippen LogP contribution is 2.26. The summed E-state index contributed by atoms with van der Waals surface area (Å²) in [4.78, 5) is 12.6. The van der Waals surface area contributed by atoms with E-state index in [1.165, 1.54) is 43.5 Å². The largest absolute Gasteiger partial charge is 0.495 e. The number of sulfonamides is 1. The molecule has 0 saturated carbocycles. The third-order valence-electron chi connectivity index (χ3n) is 4.74. The van der Waals surface area contributed by atoms with Crippen LogP contribution in [0.25, 0.3) is 0 Å². The number of anilines is 1. The van der Waals surface area contributed by atoms with Crippen LogP contribution in [0.5, 0.6) is 5.75 Å². The first kappa shape index (κ1) is 24.3. The Hall–Kier alpha value is -3.37. The number of para-hydroxylation sites is 2. The first-order valence-corrected chi connectivity index (χ1v) is 13.2. The first-order chi connectivity index (χ1) is 15.7. The minimum absolute atomic E-state index is 0.0901. The Morgan fingerprint density at radius 2 is 1.52 bits per heavy atom. The van der Waals surface area contributed by atoms with Gasteiger partial charge in [0.2, 0.25) is 0 Å². The van der Waals surface area contributed by atoms with Crippen molar-refractivity contribution in [1.82, 2.24) is 5.32 Å². The van der Waals surface area contributed by atoms with Gasteiger partial charge in [0.25, 0.3) is 15.9 Å². The van der Waals surface area contributed by atoms with Crippen molar-refractivity contribution in [2.24, 2.45) is 0 Å². The van der Waals surface area contributed by atoms with Gasteiger partial charge in [0, 0.05) is 12.1 Å². The predicted octanol–water partition coefficient (Wildman–Crippen LogP) is 3.09. The number of amides is 1. The fourth-order valence-electron chi connectivity index (χ4n) is 3.05. The lowest BCUT2D eigenvalue weighted by atomic mass is 10.2. The molecule has 0 aliphatic rings. The van der Waals surface area contributed by atoms with Gasteiger partial charge in [-0.25, -0.2) is 16.8 Å². The fraction of sp³-hybridized carbons (Fsp3) is 0.174. The lowest BCUT2D eigenvalue weighted by molar-refractivity contribution is 0.0953. The molecule has 0 aliphatic carbocycles. The van der Waals surface area contributed by atoms with Gasteiger partial charge >= 0.3 is 0 Å². The van der Waals surface area contributed by atoms with Crippen molar-refractivity contribution in [2.45, 2.75) is 16.2 Å². The van der Waals surface area contributed by atoms with Crippen LogP contribution in [-0.2, 0) is 19.9 Å². The lowest BCUT2D eigenvalue weighted by Gasteiger charge is -2.12. The summed E-state index contributed by atoms with van der Waals surface area (Å²) in [6.07, 6.45) is 0.219. The molecule has 0 unspecified atom stereocenters. The van der Waals surface area contributed by atoms with Gasteiger partial charge in [-0.05, 0) is 48.9 Å². The zero-order chi connectivity index (χ0) is 23.9. The van der Waals surface area contributed by atoms with Gasteiger partial charge in [0.1, 0.15) is 5.75 Å². The standard InChI is InChI=1S/C23H24N2O6S2/c1-31-22-14-6-5-13-21(22)25-33(29,30)20-12-7-9-18(17-20)23(26)24-15-8-16-32(27,28)19-10-3-2-4-11-19/h2-7,9-14,17,25H,8,15-16H2,1H3,(H,24,26). The van der Waals surface area contributed by atoms with E-state index in [2.05, 4.69) is 10.0 Å². The van der Waals surface area contributed by atoms with E-state index < -0.39 is 25.8 Å². The number of nitrogens with one attached hydrogen (secondary N) is 2. The molecular formula is C23H24N2O6S2. The maximum Gasteiger partial charge on any atom is 0.262 e. The highest BCUT2D eigenvalue weighted by atomic mass is 32.2. The second kappa shape index (κ2) is 10.5. The second-order valence-corrected chi connectivity index (χ2v) is 10.9. The summed E-state index contributed by atoms with van der Waals surface area (Å²) >= 11 is 0. The van der Waals surface area contributed by atoms with Crippen LogP contribution in [0.4, 0.5) is 5.69 Å². The van der Waals surface area contributed by atoms with Crippen LogP contribution in [0.3, 0.4) is 0 Å². The number of carbonyl (C=O) groups is 1. The summed E-state index contributed by atoms with van der Waals surface area (Å²) in [7, 11) is -5.97. The van der Waals surface area contributed by atoms with E-state index in [0.717, 1.165) is 0 Å². The normalized spacial score (nSPS) is 11.5. The second-order valence-electron chi connectivity index (χ2n) is 7.07. The SMILES string of the molecule is COc1ccccc1NS(=O)(=O)c1cccc(C(=O)NCCCS(=O)(=O)c2ccccc2)c1. The molecule has 3 aromatic rings. The van der Waals surface area contributed by atoms with Gasteiger partial charge < -0.3 is 10.1 Å². The molecule has 33 heavy (non-hydrogen) atoms. The smallest absolute Gasteiger partial charge is 0.262 e.